The Morgan fingerprint density at radius 1 is 0.889 bits per heavy atom. The van der Waals surface area contributed by atoms with E-state index in [-0.39, 0.29) is 5.70 Å². The standard InChI is InChI=1S/C28H28N4O4/c1-19(22-11-14-25-26(18-22)36-16-15-35-25)30-31-28(34)24(29-27(33)21-7-5-4-6-8-21)17-20-9-12-23(13-10-20)32(2)3/h4-14,17-18H,15-16H2,1-3H3,(H,29,33)(H,31,34)/b24-17-,30-19-. The Morgan fingerprint density at radius 2 is 1.58 bits per heavy atom. The van der Waals surface area contributed by atoms with Crippen molar-refractivity contribution in [2.45, 2.75) is 6.92 Å². The molecule has 0 atom stereocenters. The Morgan fingerprint density at radius 3 is 2.28 bits per heavy atom. The zero-order valence-electron chi connectivity index (χ0n) is 20.4. The van der Waals surface area contributed by atoms with Gasteiger partial charge in [-0.3, -0.25) is 9.59 Å². The van der Waals surface area contributed by atoms with Crippen LogP contribution in [-0.2, 0) is 4.79 Å². The second-order valence-corrected chi connectivity index (χ2v) is 8.36. The second-order valence-electron chi connectivity index (χ2n) is 8.36. The molecular formula is C28H28N4O4. The van der Waals surface area contributed by atoms with E-state index in [1.807, 2.05) is 67.5 Å². The van der Waals surface area contributed by atoms with Crippen LogP contribution in [0.2, 0.25) is 0 Å². The lowest BCUT2D eigenvalue weighted by molar-refractivity contribution is -0.117. The zero-order valence-corrected chi connectivity index (χ0v) is 20.4. The van der Waals surface area contributed by atoms with Crippen molar-refractivity contribution >= 4 is 29.3 Å². The maximum absolute atomic E-state index is 13.1. The summed E-state index contributed by atoms with van der Waals surface area (Å²) >= 11 is 0. The molecule has 184 valence electrons. The molecule has 1 aliphatic heterocycles. The maximum atomic E-state index is 13.1. The number of hydrogen-bond acceptors (Lipinski definition) is 6. The smallest absolute Gasteiger partial charge is 0.287 e. The van der Waals surface area contributed by atoms with Gasteiger partial charge < -0.3 is 19.7 Å². The summed E-state index contributed by atoms with van der Waals surface area (Å²) in [5.41, 5.74) is 6.19. The molecular weight excluding hydrogens is 456 g/mol. The highest BCUT2D eigenvalue weighted by molar-refractivity contribution is 6.06. The first-order valence-electron chi connectivity index (χ1n) is 11.5. The highest BCUT2D eigenvalue weighted by Gasteiger charge is 2.16. The second kappa shape index (κ2) is 11.2. The maximum Gasteiger partial charge on any atom is 0.287 e. The van der Waals surface area contributed by atoms with Crippen LogP contribution in [0.3, 0.4) is 0 Å². The number of rotatable bonds is 7. The van der Waals surface area contributed by atoms with Crippen LogP contribution >= 0.6 is 0 Å². The van der Waals surface area contributed by atoms with Crippen LogP contribution in [0.5, 0.6) is 11.5 Å². The normalized spacial score (nSPS) is 13.1. The number of nitrogens with zero attached hydrogens (tertiary/aromatic N) is 2. The molecule has 36 heavy (non-hydrogen) atoms. The van der Waals surface area contributed by atoms with Crippen molar-refractivity contribution in [2.24, 2.45) is 5.10 Å². The number of hydrazone groups is 1. The lowest BCUT2D eigenvalue weighted by atomic mass is 10.1. The highest BCUT2D eigenvalue weighted by Crippen LogP contribution is 2.30. The molecule has 4 rings (SSSR count). The summed E-state index contributed by atoms with van der Waals surface area (Å²) in [5.74, 6) is 0.370. The number of amides is 2. The average molecular weight is 485 g/mol. The first-order chi connectivity index (χ1) is 17.4. The minimum absolute atomic E-state index is 0.0696. The molecule has 1 heterocycles. The van der Waals surface area contributed by atoms with E-state index in [0.717, 1.165) is 16.8 Å². The average Bonchev–Trinajstić information content (AvgIpc) is 2.91. The summed E-state index contributed by atoms with van der Waals surface area (Å²) in [6.07, 6.45) is 1.62. The Bertz CT molecular complexity index is 1300. The van der Waals surface area contributed by atoms with Gasteiger partial charge in [0.2, 0.25) is 0 Å². The number of carbonyl (C=O) groups is 2. The highest BCUT2D eigenvalue weighted by atomic mass is 16.6. The van der Waals surface area contributed by atoms with Crippen molar-refractivity contribution in [3.05, 3.63) is 95.2 Å². The van der Waals surface area contributed by atoms with E-state index in [9.17, 15) is 9.59 Å². The van der Waals surface area contributed by atoms with Gasteiger partial charge in [0.25, 0.3) is 11.8 Å². The molecule has 8 nitrogen and oxygen atoms in total. The number of hydrogen-bond donors (Lipinski definition) is 2. The number of nitrogens with one attached hydrogen (secondary N) is 2. The van der Waals surface area contributed by atoms with E-state index < -0.39 is 11.8 Å². The van der Waals surface area contributed by atoms with Gasteiger partial charge in [0.1, 0.15) is 18.9 Å². The van der Waals surface area contributed by atoms with Crippen molar-refractivity contribution in [3.8, 4) is 11.5 Å². The summed E-state index contributed by atoms with van der Waals surface area (Å²) in [7, 11) is 3.90. The quantitative estimate of drug-likeness (QED) is 0.302. The number of benzene rings is 3. The molecule has 0 saturated heterocycles. The fourth-order valence-electron chi connectivity index (χ4n) is 3.51. The number of ether oxygens (including phenoxy) is 2. The summed E-state index contributed by atoms with van der Waals surface area (Å²) < 4.78 is 11.2. The van der Waals surface area contributed by atoms with Gasteiger partial charge in [-0.25, -0.2) is 5.43 Å². The zero-order chi connectivity index (χ0) is 25.5. The van der Waals surface area contributed by atoms with Gasteiger partial charge in [0.15, 0.2) is 11.5 Å². The van der Waals surface area contributed by atoms with Gasteiger partial charge in [-0.05, 0) is 61.0 Å². The Labute approximate surface area is 210 Å². The third kappa shape index (κ3) is 6.09. The molecule has 8 heteroatoms. The minimum atomic E-state index is -0.548. The van der Waals surface area contributed by atoms with Crippen LogP contribution < -0.4 is 25.1 Å². The van der Waals surface area contributed by atoms with Crippen molar-refractivity contribution in [3.63, 3.8) is 0 Å². The molecule has 2 amide bonds. The van der Waals surface area contributed by atoms with Gasteiger partial charge in [-0.2, -0.15) is 5.10 Å². The monoisotopic (exact) mass is 484 g/mol. The van der Waals surface area contributed by atoms with Crippen LogP contribution in [0.25, 0.3) is 6.08 Å². The van der Waals surface area contributed by atoms with Crippen LogP contribution in [0.15, 0.2) is 83.6 Å². The Hall–Kier alpha value is -4.59. The molecule has 0 fully saturated rings. The van der Waals surface area contributed by atoms with E-state index in [1.165, 1.54) is 0 Å². The van der Waals surface area contributed by atoms with Crippen molar-refractivity contribution in [1.82, 2.24) is 10.7 Å². The lowest BCUT2D eigenvalue weighted by Crippen LogP contribution is -2.33. The molecule has 3 aromatic carbocycles. The first kappa shape index (κ1) is 24.5. The van der Waals surface area contributed by atoms with E-state index in [0.29, 0.717) is 36.0 Å². The number of anilines is 1. The fourth-order valence-corrected chi connectivity index (χ4v) is 3.51. The van der Waals surface area contributed by atoms with Gasteiger partial charge >= 0.3 is 0 Å². The molecule has 3 aromatic rings. The third-order valence-electron chi connectivity index (χ3n) is 5.53. The van der Waals surface area contributed by atoms with Crippen molar-refractivity contribution < 1.29 is 19.1 Å². The van der Waals surface area contributed by atoms with E-state index in [1.54, 1.807) is 37.3 Å². The summed E-state index contributed by atoms with van der Waals surface area (Å²) in [4.78, 5) is 27.9. The Kier molecular flexibility index (Phi) is 7.65. The van der Waals surface area contributed by atoms with E-state index in [4.69, 9.17) is 9.47 Å². The summed E-state index contributed by atoms with van der Waals surface area (Å²) in [6, 6.07) is 21.8. The van der Waals surface area contributed by atoms with Crippen molar-refractivity contribution in [2.75, 3.05) is 32.2 Å². The summed E-state index contributed by atoms with van der Waals surface area (Å²) in [5, 5.41) is 6.96. The van der Waals surface area contributed by atoms with Crippen LogP contribution in [-0.4, -0.2) is 44.8 Å². The molecule has 0 aliphatic carbocycles. The van der Waals surface area contributed by atoms with Crippen molar-refractivity contribution in [1.29, 1.82) is 0 Å². The summed E-state index contributed by atoms with van der Waals surface area (Å²) in [6.45, 7) is 2.77. The molecule has 0 radical (unpaired) electrons. The molecule has 0 unspecified atom stereocenters. The van der Waals surface area contributed by atoms with Gasteiger partial charge in [0, 0.05) is 30.9 Å². The molecule has 0 bridgehead atoms. The Balaban J connectivity index is 1.55. The largest absolute Gasteiger partial charge is 0.486 e. The molecule has 1 aliphatic rings. The lowest BCUT2D eigenvalue weighted by Gasteiger charge is -2.18. The first-order valence-corrected chi connectivity index (χ1v) is 11.5. The van der Waals surface area contributed by atoms with Gasteiger partial charge in [-0.15, -0.1) is 0 Å². The molecule has 0 aromatic heterocycles. The van der Waals surface area contributed by atoms with Crippen LogP contribution in [0.1, 0.15) is 28.4 Å². The SMILES string of the molecule is C/C(=N/NC(=O)/C(=C/c1ccc(N(C)C)cc1)NC(=O)c1ccccc1)c1ccc2c(c1)OCCO2. The predicted octanol–water partition coefficient (Wildman–Crippen LogP) is 3.84. The predicted molar refractivity (Wildman–Crippen MR) is 140 cm³/mol. The topological polar surface area (TPSA) is 92.3 Å². The fraction of sp³-hybridized carbons (Fsp3) is 0.179. The van der Waals surface area contributed by atoms with Crippen LogP contribution in [0, 0.1) is 0 Å². The van der Waals surface area contributed by atoms with Crippen LogP contribution in [0.4, 0.5) is 5.69 Å². The number of carbonyl (C=O) groups excluding carboxylic acids is 2. The third-order valence-corrected chi connectivity index (χ3v) is 5.53. The van der Waals surface area contributed by atoms with Gasteiger partial charge in [-0.1, -0.05) is 30.3 Å². The molecule has 0 saturated carbocycles. The molecule has 0 spiro atoms. The molecule has 2 N–H and O–H groups in total. The number of fused-ring (bicyclic) bond motifs is 1. The van der Waals surface area contributed by atoms with E-state index in [2.05, 4.69) is 15.8 Å². The van der Waals surface area contributed by atoms with Gasteiger partial charge in [0.05, 0.1) is 5.71 Å². The van der Waals surface area contributed by atoms with E-state index >= 15 is 0 Å². The minimum Gasteiger partial charge on any atom is -0.486 e.